The molecule has 4 N–H and O–H groups in total. The van der Waals surface area contributed by atoms with Crippen LogP contribution in [0.2, 0.25) is 5.02 Å². The Morgan fingerprint density at radius 2 is 1.77 bits per heavy atom. The van der Waals surface area contributed by atoms with Gasteiger partial charge in [-0.25, -0.2) is 9.11 Å². The number of amides is 1. The molecule has 0 bridgehead atoms. The lowest BCUT2D eigenvalue weighted by atomic mass is 10.1. The highest BCUT2D eigenvalue weighted by Crippen LogP contribution is 2.40. The van der Waals surface area contributed by atoms with Crippen molar-refractivity contribution >= 4 is 46.8 Å². The Hall–Kier alpha value is -3.21. The van der Waals surface area contributed by atoms with E-state index < -0.39 is 17.3 Å². The molecule has 1 heterocycles. The lowest BCUT2D eigenvalue weighted by Gasteiger charge is -2.22. The van der Waals surface area contributed by atoms with Crippen molar-refractivity contribution in [1.29, 1.82) is 0 Å². The number of halogens is 2. The predicted octanol–water partition coefficient (Wildman–Crippen LogP) is 6.98. The molecular formula is C29H35ClFN5O3S. The molecule has 5 rings (SSSR count). The standard InChI is InChI=1S/C27H29ClFN5O3S.C2H6/c1-14-7-12-19(18(29)13-14)31-25-22(26(35)30-16-8-9-16)24(15(2)27(36)34(25)3)37-21-6-4-5-20(23(21)28)33-38-32-17-10-11-17;1-2/h4-7,12-13,16-17,31-33H,8-11H2,1-3H3,(H,30,35);1-2H3. The fourth-order valence-corrected chi connectivity index (χ4v) is 4.89. The lowest BCUT2D eigenvalue weighted by Crippen LogP contribution is -2.31. The number of nitrogens with zero attached hydrogens (tertiary/aromatic N) is 1. The molecule has 1 amide bonds. The summed E-state index contributed by atoms with van der Waals surface area (Å²) in [5, 5.41) is 6.23. The number of hydrogen-bond donors (Lipinski definition) is 4. The zero-order valence-corrected chi connectivity index (χ0v) is 24.9. The number of ether oxygens (including phenoxy) is 1. The molecule has 40 heavy (non-hydrogen) atoms. The Bertz CT molecular complexity index is 1460. The van der Waals surface area contributed by atoms with Gasteiger partial charge >= 0.3 is 0 Å². The molecule has 8 nitrogen and oxygen atoms in total. The Labute approximate surface area is 243 Å². The monoisotopic (exact) mass is 587 g/mol. The number of aryl methyl sites for hydroxylation is 1. The first kappa shape index (κ1) is 29.8. The van der Waals surface area contributed by atoms with Crippen LogP contribution in [0.4, 0.5) is 21.6 Å². The maximum atomic E-state index is 14.8. The molecule has 11 heteroatoms. The van der Waals surface area contributed by atoms with E-state index in [1.807, 2.05) is 19.9 Å². The third-order valence-corrected chi connectivity index (χ3v) is 7.58. The molecule has 3 aromatic rings. The van der Waals surface area contributed by atoms with Crippen molar-refractivity contribution in [3.05, 3.63) is 74.3 Å². The van der Waals surface area contributed by atoms with Gasteiger partial charge in [0.2, 0.25) is 0 Å². The maximum absolute atomic E-state index is 14.8. The topological polar surface area (TPSA) is 96.4 Å². The van der Waals surface area contributed by atoms with Crippen LogP contribution >= 0.6 is 23.7 Å². The van der Waals surface area contributed by atoms with Gasteiger partial charge in [0.05, 0.1) is 16.9 Å². The lowest BCUT2D eigenvalue weighted by molar-refractivity contribution is 0.0948. The Kier molecular flexibility index (Phi) is 9.65. The molecule has 214 valence electrons. The SMILES string of the molecule is CC.Cc1ccc(Nc2c(C(=O)NC3CC3)c(Oc3cccc(NSNC4CC4)c3Cl)c(C)c(=O)n2C)c(F)c1. The fraction of sp³-hybridized carbons (Fsp3) is 0.379. The van der Waals surface area contributed by atoms with Gasteiger partial charge in [-0.3, -0.25) is 14.2 Å². The van der Waals surface area contributed by atoms with Gasteiger partial charge in [-0.15, -0.1) is 0 Å². The minimum atomic E-state index is -0.506. The van der Waals surface area contributed by atoms with Crippen LogP contribution in [-0.2, 0) is 7.05 Å². The first-order valence-corrected chi connectivity index (χ1v) is 14.6. The first-order valence-electron chi connectivity index (χ1n) is 13.4. The van der Waals surface area contributed by atoms with Crippen LogP contribution in [0.15, 0.2) is 41.2 Å². The van der Waals surface area contributed by atoms with Crippen LogP contribution in [0.5, 0.6) is 11.5 Å². The van der Waals surface area contributed by atoms with Crippen molar-refractivity contribution in [2.24, 2.45) is 7.05 Å². The normalized spacial score (nSPS) is 14.2. The summed E-state index contributed by atoms with van der Waals surface area (Å²) in [5.41, 5.74) is 1.42. The summed E-state index contributed by atoms with van der Waals surface area (Å²) in [6.07, 6.45) is 4.02. The summed E-state index contributed by atoms with van der Waals surface area (Å²) in [6, 6.07) is 10.5. The highest BCUT2D eigenvalue weighted by Gasteiger charge is 2.31. The van der Waals surface area contributed by atoms with E-state index in [-0.39, 0.29) is 40.2 Å². The molecule has 2 aromatic carbocycles. The molecule has 0 unspecified atom stereocenters. The minimum Gasteiger partial charge on any atom is -0.454 e. The molecule has 0 atom stereocenters. The molecule has 0 radical (unpaired) electrons. The fourth-order valence-electron chi connectivity index (χ4n) is 3.88. The minimum absolute atomic E-state index is 0.0453. The van der Waals surface area contributed by atoms with Crippen LogP contribution in [-0.4, -0.2) is 22.6 Å². The van der Waals surface area contributed by atoms with Crippen molar-refractivity contribution in [2.45, 2.75) is 65.5 Å². The van der Waals surface area contributed by atoms with Gasteiger partial charge in [-0.2, -0.15) is 0 Å². The average Bonchev–Trinajstić information content (AvgIpc) is 3.87. The summed E-state index contributed by atoms with van der Waals surface area (Å²) in [7, 11) is 1.53. The third kappa shape index (κ3) is 6.92. The summed E-state index contributed by atoms with van der Waals surface area (Å²) in [6.45, 7) is 7.37. The van der Waals surface area contributed by atoms with Gasteiger partial charge in [0, 0.05) is 31.3 Å². The summed E-state index contributed by atoms with van der Waals surface area (Å²) in [5.74, 6) is -0.484. The summed E-state index contributed by atoms with van der Waals surface area (Å²) in [4.78, 5) is 26.8. The molecule has 0 spiro atoms. The molecule has 2 saturated carbocycles. The molecule has 0 aliphatic heterocycles. The largest absolute Gasteiger partial charge is 0.454 e. The molecule has 2 fully saturated rings. The second-order valence-electron chi connectivity index (χ2n) is 9.71. The van der Waals surface area contributed by atoms with E-state index in [9.17, 15) is 14.0 Å². The van der Waals surface area contributed by atoms with Crippen molar-refractivity contribution in [3.8, 4) is 11.5 Å². The van der Waals surface area contributed by atoms with Crippen molar-refractivity contribution in [1.82, 2.24) is 14.6 Å². The number of carbonyl (C=O) groups excluding carboxylic acids is 1. The third-order valence-electron chi connectivity index (χ3n) is 6.42. The second kappa shape index (κ2) is 13.0. The Morgan fingerprint density at radius 3 is 2.42 bits per heavy atom. The van der Waals surface area contributed by atoms with E-state index in [4.69, 9.17) is 16.3 Å². The summed E-state index contributed by atoms with van der Waals surface area (Å²) >= 11 is 8.01. The number of pyridine rings is 1. The molecule has 1 aromatic heterocycles. The van der Waals surface area contributed by atoms with Gasteiger partial charge in [-0.1, -0.05) is 37.6 Å². The predicted molar refractivity (Wildman–Crippen MR) is 162 cm³/mol. The average molecular weight is 588 g/mol. The van der Waals surface area contributed by atoms with Crippen LogP contribution in [0.25, 0.3) is 0 Å². The Morgan fingerprint density at radius 1 is 1.07 bits per heavy atom. The number of carbonyl (C=O) groups is 1. The van der Waals surface area contributed by atoms with Crippen LogP contribution in [0.3, 0.4) is 0 Å². The molecular weight excluding hydrogens is 553 g/mol. The van der Waals surface area contributed by atoms with Crippen LogP contribution < -0.4 is 30.4 Å². The number of nitrogens with one attached hydrogen (secondary N) is 4. The van der Waals surface area contributed by atoms with E-state index in [0.29, 0.717) is 16.8 Å². The number of benzene rings is 2. The molecule has 2 aliphatic carbocycles. The van der Waals surface area contributed by atoms with Crippen molar-refractivity contribution < 1.29 is 13.9 Å². The van der Waals surface area contributed by atoms with Crippen LogP contribution in [0, 0.1) is 19.7 Å². The van der Waals surface area contributed by atoms with E-state index in [2.05, 4.69) is 20.1 Å². The summed E-state index contributed by atoms with van der Waals surface area (Å²) < 4.78 is 28.8. The first-order chi connectivity index (χ1) is 19.2. The van der Waals surface area contributed by atoms with E-state index in [1.54, 1.807) is 38.1 Å². The van der Waals surface area contributed by atoms with E-state index in [1.165, 1.54) is 29.8 Å². The van der Waals surface area contributed by atoms with Gasteiger partial charge in [-0.05, 0) is 69.4 Å². The van der Waals surface area contributed by atoms with E-state index >= 15 is 0 Å². The number of rotatable bonds is 10. The van der Waals surface area contributed by atoms with E-state index in [0.717, 1.165) is 31.2 Å². The molecule has 2 aliphatic rings. The highest BCUT2D eigenvalue weighted by molar-refractivity contribution is 7.98. The number of hydrogen-bond acceptors (Lipinski definition) is 7. The quantitative estimate of drug-likeness (QED) is 0.190. The van der Waals surface area contributed by atoms with Gasteiger partial charge in [0.1, 0.15) is 28.0 Å². The second-order valence-corrected chi connectivity index (χ2v) is 10.7. The smallest absolute Gasteiger partial charge is 0.259 e. The number of aromatic nitrogens is 1. The van der Waals surface area contributed by atoms with Crippen molar-refractivity contribution in [2.75, 3.05) is 10.0 Å². The van der Waals surface area contributed by atoms with Gasteiger partial charge < -0.3 is 20.1 Å². The van der Waals surface area contributed by atoms with Crippen molar-refractivity contribution in [3.63, 3.8) is 0 Å². The van der Waals surface area contributed by atoms with Gasteiger partial charge in [0.15, 0.2) is 5.75 Å². The maximum Gasteiger partial charge on any atom is 0.259 e. The zero-order valence-electron chi connectivity index (χ0n) is 23.3. The van der Waals surface area contributed by atoms with Gasteiger partial charge in [0.25, 0.3) is 11.5 Å². The molecule has 0 saturated heterocycles. The van der Waals surface area contributed by atoms with Crippen LogP contribution in [0.1, 0.15) is 61.0 Å². The zero-order chi connectivity index (χ0) is 29.0. The Balaban J connectivity index is 0.00000181. The number of anilines is 3. The highest BCUT2D eigenvalue weighted by atomic mass is 35.5.